The molecule has 1 saturated heterocycles. The Kier molecular flexibility index (Phi) is 8.08. The van der Waals surface area contributed by atoms with E-state index in [-0.39, 0.29) is 0 Å². The molecule has 1 fully saturated rings. The molecule has 41 heavy (non-hydrogen) atoms. The van der Waals surface area contributed by atoms with Crippen LogP contribution in [-0.4, -0.2) is 70.2 Å². The number of carbonyl (C=O) groups excluding carboxylic acids is 1. The van der Waals surface area contributed by atoms with Crippen molar-refractivity contribution in [3.63, 3.8) is 0 Å². The Hall–Kier alpha value is -4.23. The highest BCUT2D eigenvalue weighted by molar-refractivity contribution is 6.00. The Morgan fingerprint density at radius 1 is 1.05 bits per heavy atom. The summed E-state index contributed by atoms with van der Waals surface area (Å²) in [5.74, 6) is -0.644. The van der Waals surface area contributed by atoms with Crippen LogP contribution in [0.5, 0.6) is 0 Å². The van der Waals surface area contributed by atoms with Crippen LogP contribution in [0.1, 0.15) is 17.5 Å². The second-order valence-electron chi connectivity index (χ2n) is 10.1. The number of amides is 2. The first kappa shape index (κ1) is 28.3. The van der Waals surface area contributed by atoms with Crippen molar-refractivity contribution in [2.75, 3.05) is 56.1 Å². The molecule has 1 aliphatic rings. The second kappa shape index (κ2) is 11.7. The number of urea groups is 1. The number of aromatic nitrogens is 3. The fourth-order valence-electron chi connectivity index (χ4n) is 4.96. The van der Waals surface area contributed by atoms with Crippen molar-refractivity contribution in [1.82, 2.24) is 24.4 Å². The summed E-state index contributed by atoms with van der Waals surface area (Å²) < 4.78 is 54.7. The zero-order valence-electron chi connectivity index (χ0n) is 22.4. The Balaban J connectivity index is 1.31. The minimum Gasteiger partial charge on any atom is -0.382 e. The monoisotopic (exact) mass is 570 g/mol. The minimum atomic E-state index is -4.67. The average molecular weight is 571 g/mol. The summed E-state index contributed by atoms with van der Waals surface area (Å²) in [6, 6.07) is 7.83. The van der Waals surface area contributed by atoms with Gasteiger partial charge in [-0.2, -0.15) is 18.3 Å². The van der Waals surface area contributed by atoms with Gasteiger partial charge in [0.1, 0.15) is 17.7 Å². The van der Waals surface area contributed by atoms with Crippen LogP contribution in [0.4, 0.5) is 39.5 Å². The highest BCUT2D eigenvalue weighted by atomic mass is 19.4. The summed E-state index contributed by atoms with van der Waals surface area (Å²) >= 11 is 0. The van der Waals surface area contributed by atoms with Crippen molar-refractivity contribution in [2.45, 2.75) is 19.0 Å². The number of aryl methyl sites for hydroxylation is 1. The normalized spacial score (nSPS) is 14.9. The highest BCUT2D eigenvalue weighted by Crippen LogP contribution is 2.34. The minimum absolute atomic E-state index is 0.338. The topological polar surface area (TPSA) is 104 Å². The van der Waals surface area contributed by atoms with E-state index in [0.29, 0.717) is 35.2 Å². The van der Waals surface area contributed by atoms with Crippen molar-refractivity contribution in [3.05, 3.63) is 71.9 Å². The standard InChI is InChI=1S/C28H30F4N8O/c1-38-11-13-39(14-12-38)10-2-3-19-16-40-25(26(33)34-17-35-40)24(19)18-4-7-21(8-5-18)36-27(41)37-23-15-20(28(30,31)32)6-9-22(23)29/h4-9,15-17H,2-3,10-14H2,1H3,(H2,33,34,35)(H2,36,37,41). The number of nitrogen functional groups attached to an aromatic ring is 1. The lowest BCUT2D eigenvalue weighted by atomic mass is 9.99. The maximum absolute atomic E-state index is 14.0. The van der Waals surface area contributed by atoms with Crippen LogP contribution in [0, 0.1) is 5.82 Å². The first-order valence-electron chi connectivity index (χ1n) is 13.2. The molecular formula is C28H30F4N8O. The Labute approximate surface area is 233 Å². The smallest absolute Gasteiger partial charge is 0.382 e. The van der Waals surface area contributed by atoms with E-state index < -0.39 is 29.3 Å². The van der Waals surface area contributed by atoms with Crippen molar-refractivity contribution < 1.29 is 22.4 Å². The van der Waals surface area contributed by atoms with Gasteiger partial charge < -0.3 is 26.2 Å². The number of halogens is 4. The molecule has 13 heteroatoms. The van der Waals surface area contributed by atoms with Gasteiger partial charge in [-0.05, 0) is 67.9 Å². The van der Waals surface area contributed by atoms with Crippen molar-refractivity contribution >= 4 is 28.7 Å². The number of carbonyl (C=O) groups is 1. The molecule has 0 spiro atoms. The highest BCUT2D eigenvalue weighted by Gasteiger charge is 2.31. The summed E-state index contributed by atoms with van der Waals surface area (Å²) in [5.41, 5.74) is 8.42. The summed E-state index contributed by atoms with van der Waals surface area (Å²) in [6.45, 7) is 5.18. The van der Waals surface area contributed by atoms with Crippen molar-refractivity contribution in [1.29, 1.82) is 0 Å². The molecule has 2 aromatic carbocycles. The van der Waals surface area contributed by atoms with E-state index in [0.717, 1.165) is 62.3 Å². The largest absolute Gasteiger partial charge is 0.416 e. The molecule has 4 N–H and O–H groups in total. The summed E-state index contributed by atoms with van der Waals surface area (Å²) in [5, 5.41) is 8.99. The van der Waals surface area contributed by atoms with E-state index >= 15 is 0 Å². The fraction of sp³-hybridized carbons (Fsp3) is 0.321. The summed E-state index contributed by atoms with van der Waals surface area (Å²) in [4.78, 5) is 21.4. The lowest BCUT2D eigenvalue weighted by Gasteiger charge is -2.32. The number of nitrogens with one attached hydrogen (secondary N) is 2. The van der Waals surface area contributed by atoms with Gasteiger partial charge in [0.2, 0.25) is 0 Å². The van der Waals surface area contributed by atoms with Gasteiger partial charge in [0.15, 0.2) is 5.82 Å². The van der Waals surface area contributed by atoms with Crippen LogP contribution < -0.4 is 16.4 Å². The zero-order chi connectivity index (χ0) is 29.1. The molecule has 0 unspecified atom stereocenters. The second-order valence-corrected chi connectivity index (χ2v) is 10.1. The Bertz CT molecular complexity index is 1530. The molecule has 0 radical (unpaired) electrons. The van der Waals surface area contributed by atoms with Crippen LogP contribution in [0.25, 0.3) is 16.6 Å². The van der Waals surface area contributed by atoms with Crippen molar-refractivity contribution in [3.8, 4) is 11.1 Å². The van der Waals surface area contributed by atoms with Gasteiger partial charge >= 0.3 is 12.2 Å². The molecule has 0 aliphatic carbocycles. The summed E-state index contributed by atoms with van der Waals surface area (Å²) in [7, 11) is 2.13. The average Bonchev–Trinajstić information content (AvgIpc) is 3.30. The van der Waals surface area contributed by atoms with E-state index in [2.05, 4.69) is 37.6 Å². The van der Waals surface area contributed by atoms with E-state index in [1.54, 1.807) is 28.8 Å². The van der Waals surface area contributed by atoms with Crippen LogP contribution in [-0.2, 0) is 12.6 Å². The third kappa shape index (κ3) is 6.57. The van der Waals surface area contributed by atoms with Crippen LogP contribution in [0.2, 0.25) is 0 Å². The molecule has 0 saturated carbocycles. The molecule has 9 nitrogen and oxygen atoms in total. The van der Waals surface area contributed by atoms with Crippen LogP contribution >= 0.6 is 0 Å². The number of rotatable bonds is 7. The summed E-state index contributed by atoms with van der Waals surface area (Å²) in [6.07, 6.45) is 0.439. The first-order valence-corrected chi connectivity index (χ1v) is 13.2. The van der Waals surface area contributed by atoms with E-state index in [1.165, 1.54) is 6.33 Å². The lowest BCUT2D eigenvalue weighted by Crippen LogP contribution is -2.44. The maximum atomic E-state index is 14.0. The van der Waals surface area contributed by atoms with Gasteiger partial charge in [-0.3, -0.25) is 0 Å². The van der Waals surface area contributed by atoms with Gasteiger partial charge in [-0.1, -0.05) is 12.1 Å². The predicted molar refractivity (Wildman–Crippen MR) is 149 cm³/mol. The lowest BCUT2D eigenvalue weighted by molar-refractivity contribution is -0.137. The van der Waals surface area contributed by atoms with Gasteiger partial charge in [0.25, 0.3) is 0 Å². The van der Waals surface area contributed by atoms with Gasteiger partial charge in [-0.15, -0.1) is 0 Å². The zero-order valence-corrected chi connectivity index (χ0v) is 22.4. The number of hydrogen-bond acceptors (Lipinski definition) is 6. The molecule has 3 heterocycles. The maximum Gasteiger partial charge on any atom is 0.416 e. The van der Waals surface area contributed by atoms with Gasteiger partial charge in [0, 0.05) is 43.6 Å². The molecule has 4 aromatic rings. The third-order valence-electron chi connectivity index (χ3n) is 7.17. The Morgan fingerprint density at radius 3 is 2.49 bits per heavy atom. The Morgan fingerprint density at radius 2 is 1.78 bits per heavy atom. The number of nitrogens with two attached hydrogens (primary N) is 1. The number of likely N-dealkylation sites (N-methyl/N-ethyl adjacent to an activating group) is 1. The van der Waals surface area contributed by atoms with E-state index in [1.807, 2.05) is 6.20 Å². The quantitative estimate of drug-likeness (QED) is 0.272. The molecular weight excluding hydrogens is 540 g/mol. The molecule has 1 aliphatic heterocycles. The SMILES string of the molecule is CN1CCN(CCCc2cn3ncnc(N)c3c2-c2ccc(NC(=O)Nc3cc(C(F)(F)F)ccc3F)cc2)CC1. The number of hydrogen-bond donors (Lipinski definition) is 3. The van der Waals surface area contributed by atoms with Crippen LogP contribution in [0.3, 0.4) is 0 Å². The van der Waals surface area contributed by atoms with E-state index in [4.69, 9.17) is 5.73 Å². The van der Waals surface area contributed by atoms with Crippen molar-refractivity contribution in [2.24, 2.45) is 0 Å². The van der Waals surface area contributed by atoms with Gasteiger partial charge in [-0.25, -0.2) is 18.7 Å². The molecule has 0 atom stereocenters. The molecule has 216 valence electrons. The first-order chi connectivity index (χ1) is 19.6. The predicted octanol–water partition coefficient (Wildman–Crippen LogP) is 4.96. The number of anilines is 3. The fourth-order valence-corrected chi connectivity index (χ4v) is 4.96. The number of piperazine rings is 1. The molecule has 0 bridgehead atoms. The molecule has 2 aromatic heterocycles. The van der Waals surface area contributed by atoms with E-state index in [9.17, 15) is 22.4 Å². The molecule has 5 rings (SSSR count). The number of fused-ring (bicyclic) bond motifs is 1. The molecule has 2 amide bonds. The van der Waals surface area contributed by atoms with Crippen LogP contribution in [0.15, 0.2) is 55.0 Å². The number of benzene rings is 2. The third-order valence-corrected chi connectivity index (χ3v) is 7.17. The number of alkyl halides is 3. The number of nitrogens with zero attached hydrogens (tertiary/aromatic N) is 5. The van der Waals surface area contributed by atoms with Gasteiger partial charge in [0.05, 0.1) is 11.3 Å².